The Morgan fingerprint density at radius 1 is 1.04 bits per heavy atom. The number of carbonyl (C=O) groups excluding carboxylic acids is 1. The molecule has 0 saturated carbocycles. The quantitative estimate of drug-likeness (QED) is 0.876. The van der Waals surface area contributed by atoms with Crippen LogP contribution in [0.5, 0.6) is 5.75 Å². The van der Waals surface area contributed by atoms with Crippen LogP contribution in [0.2, 0.25) is 0 Å². The van der Waals surface area contributed by atoms with E-state index < -0.39 is 6.10 Å². The summed E-state index contributed by atoms with van der Waals surface area (Å²) in [6.07, 6.45) is 3.03. The molecule has 1 N–H and O–H groups in total. The fourth-order valence-electron chi connectivity index (χ4n) is 3.45. The number of benzene rings is 2. The highest BCUT2D eigenvalue weighted by molar-refractivity contribution is 5.81. The normalized spacial score (nSPS) is 15.4. The number of fused-ring (bicyclic) bond motifs is 1. The van der Waals surface area contributed by atoms with Crippen LogP contribution < -0.4 is 10.1 Å². The second-order valence-corrected chi connectivity index (χ2v) is 7.14. The number of rotatable bonds is 5. The van der Waals surface area contributed by atoms with Crippen molar-refractivity contribution < 1.29 is 9.53 Å². The van der Waals surface area contributed by atoms with Gasteiger partial charge in [-0.3, -0.25) is 4.79 Å². The number of nitrogens with one attached hydrogen (secondary N) is 1. The zero-order chi connectivity index (χ0) is 18.0. The average Bonchev–Trinajstić information content (AvgIpc) is 3.04. The van der Waals surface area contributed by atoms with E-state index in [9.17, 15) is 4.79 Å². The Morgan fingerprint density at radius 2 is 1.80 bits per heavy atom. The van der Waals surface area contributed by atoms with Gasteiger partial charge in [-0.15, -0.1) is 0 Å². The summed E-state index contributed by atoms with van der Waals surface area (Å²) >= 11 is 0. The first-order valence-corrected chi connectivity index (χ1v) is 9.10. The topological polar surface area (TPSA) is 38.3 Å². The van der Waals surface area contributed by atoms with Gasteiger partial charge < -0.3 is 10.1 Å². The summed E-state index contributed by atoms with van der Waals surface area (Å²) in [7, 11) is 0. The molecular weight excluding hydrogens is 310 g/mol. The van der Waals surface area contributed by atoms with Gasteiger partial charge in [0.05, 0.1) is 6.04 Å². The maximum absolute atomic E-state index is 12.5. The summed E-state index contributed by atoms with van der Waals surface area (Å²) in [5.74, 6) is 0.673. The molecule has 132 valence electrons. The van der Waals surface area contributed by atoms with Crippen molar-refractivity contribution in [2.75, 3.05) is 0 Å². The van der Waals surface area contributed by atoms with Crippen LogP contribution in [0.25, 0.3) is 0 Å². The van der Waals surface area contributed by atoms with Crippen LogP contribution in [0.15, 0.2) is 36.4 Å². The number of carbonyl (C=O) groups is 1. The van der Waals surface area contributed by atoms with Gasteiger partial charge in [0, 0.05) is 0 Å². The molecule has 1 amide bonds. The molecule has 0 radical (unpaired) electrons. The van der Waals surface area contributed by atoms with E-state index in [0.29, 0.717) is 0 Å². The van der Waals surface area contributed by atoms with E-state index in [1.807, 2.05) is 32.9 Å². The van der Waals surface area contributed by atoms with Crippen molar-refractivity contribution in [1.82, 2.24) is 5.32 Å². The largest absolute Gasteiger partial charge is 0.481 e. The summed E-state index contributed by atoms with van der Waals surface area (Å²) in [6.45, 7) is 7.87. The molecule has 2 aromatic rings. The average molecular weight is 337 g/mol. The smallest absolute Gasteiger partial charge is 0.261 e. The van der Waals surface area contributed by atoms with E-state index in [2.05, 4.69) is 29.6 Å². The summed E-state index contributed by atoms with van der Waals surface area (Å²) in [5, 5.41) is 3.07. The molecular formula is C22H27NO2. The van der Waals surface area contributed by atoms with Crippen LogP contribution >= 0.6 is 0 Å². The molecule has 2 atom stereocenters. The number of aryl methyl sites for hydroxylation is 4. The zero-order valence-electron chi connectivity index (χ0n) is 15.6. The molecule has 2 aromatic carbocycles. The van der Waals surface area contributed by atoms with Crippen molar-refractivity contribution in [3.05, 3.63) is 64.2 Å². The van der Waals surface area contributed by atoms with Crippen LogP contribution in [-0.2, 0) is 17.6 Å². The lowest BCUT2D eigenvalue weighted by atomic mass is 10.0. The molecule has 0 bridgehead atoms. The maximum atomic E-state index is 12.5. The van der Waals surface area contributed by atoms with Gasteiger partial charge in [0.1, 0.15) is 5.75 Å². The molecule has 0 saturated heterocycles. The van der Waals surface area contributed by atoms with Crippen molar-refractivity contribution in [2.45, 2.75) is 59.1 Å². The Labute approximate surface area is 150 Å². The zero-order valence-corrected chi connectivity index (χ0v) is 15.6. The van der Waals surface area contributed by atoms with Gasteiger partial charge in [0.15, 0.2) is 6.10 Å². The first-order valence-electron chi connectivity index (χ1n) is 9.10. The predicted molar refractivity (Wildman–Crippen MR) is 101 cm³/mol. The molecule has 25 heavy (non-hydrogen) atoms. The fraction of sp³-hybridized carbons (Fsp3) is 0.409. The molecule has 0 fully saturated rings. The number of ether oxygens (including phenoxy) is 1. The van der Waals surface area contributed by atoms with Gasteiger partial charge in [-0.05, 0) is 75.3 Å². The molecule has 0 spiro atoms. The third kappa shape index (κ3) is 4.04. The van der Waals surface area contributed by atoms with Crippen LogP contribution in [0, 0.1) is 13.8 Å². The molecule has 1 aliphatic carbocycles. The van der Waals surface area contributed by atoms with E-state index in [1.54, 1.807) is 6.92 Å². The van der Waals surface area contributed by atoms with Gasteiger partial charge in [0.25, 0.3) is 5.91 Å². The lowest BCUT2D eigenvalue weighted by Crippen LogP contribution is -2.37. The third-order valence-corrected chi connectivity index (χ3v) is 4.98. The maximum Gasteiger partial charge on any atom is 0.261 e. The Hall–Kier alpha value is -2.29. The minimum absolute atomic E-state index is 0.0245. The fourth-order valence-corrected chi connectivity index (χ4v) is 3.45. The second-order valence-electron chi connectivity index (χ2n) is 7.14. The van der Waals surface area contributed by atoms with Crippen LogP contribution in [0.3, 0.4) is 0 Å². The third-order valence-electron chi connectivity index (χ3n) is 4.98. The predicted octanol–water partition coefficient (Wildman–Crippen LogP) is 4.44. The molecule has 3 heteroatoms. The van der Waals surface area contributed by atoms with Crippen LogP contribution in [-0.4, -0.2) is 12.0 Å². The molecule has 3 rings (SSSR count). The Bertz CT molecular complexity index is 782. The van der Waals surface area contributed by atoms with Crippen molar-refractivity contribution >= 4 is 5.91 Å². The van der Waals surface area contributed by atoms with Crippen molar-refractivity contribution in [2.24, 2.45) is 0 Å². The Kier molecular flexibility index (Phi) is 5.12. The summed E-state index contributed by atoms with van der Waals surface area (Å²) in [5.41, 5.74) is 6.28. The van der Waals surface area contributed by atoms with Crippen molar-refractivity contribution in [1.29, 1.82) is 0 Å². The molecule has 0 aromatic heterocycles. The minimum atomic E-state index is -0.529. The monoisotopic (exact) mass is 337 g/mol. The van der Waals surface area contributed by atoms with Gasteiger partial charge in [-0.25, -0.2) is 0 Å². The van der Waals surface area contributed by atoms with E-state index >= 15 is 0 Å². The Balaban J connectivity index is 1.62. The van der Waals surface area contributed by atoms with Gasteiger partial charge >= 0.3 is 0 Å². The van der Waals surface area contributed by atoms with E-state index in [-0.39, 0.29) is 11.9 Å². The standard InChI is InChI=1S/C22H27NO2/c1-14-8-11-21(15(2)12-14)25-17(4)22(24)23-16(3)19-10-9-18-6-5-7-20(18)13-19/h8-13,16-17H,5-7H2,1-4H3,(H,23,24)/t16-,17+/m0/s1. The molecule has 0 aliphatic heterocycles. The first kappa shape index (κ1) is 17.5. The molecule has 3 nitrogen and oxygen atoms in total. The van der Waals surface area contributed by atoms with E-state index in [4.69, 9.17) is 4.74 Å². The summed E-state index contributed by atoms with van der Waals surface area (Å²) in [4.78, 5) is 12.5. The number of amides is 1. The van der Waals surface area contributed by atoms with Crippen LogP contribution in [0.4, 0.5) is 0 Å². The summed E-state index contributed by atoms with van der Waals surface area (Å²) < 4.78 is 5.86. The lowest BCUT2D eigenvalue weighted by molar-refractivity contribution is -0.127. The summed E-state index contributed by atoms with van der Waals surface area (Å²) in [6, 6.07) is 12.5. The molecule has 0 unspecified atom stereocenters. The highest BCUT2D eigenvalue weighted by atomic mass is 16.5. The molecule has 0 heterocycles. The Morgan fingerprint density at radius 3 is 2.56 bits per heavy atom. The van der Waals surface area contributed by atoms with Gasteiger partial charge in [-0.1, -0.05) is 35.9 Å². The molecule has 1 aliphatic rings. The highest BCUT2D eigenvalue weighted by Gasteiger charge is 2.19. The van der Waals surface area contributed by atoms with E-state index in [1.165, 1.54) is 29.5 Å². The first-order chi connectivity index (χ1) is 11.9. The second kappa shape index (κ2) is 7.30. The van der Waals surface area contributed by atoms with Crippen molar-refractivity contribution in [3.8, 4) is 5.75 Å². The minimum Gasteiger partial charge on any atom is -0.481 e. The number of hydrogen-bond donors (Lipinski definition) is 1. The van der Waals surface area contributed by atoms with Crippen LogP contribution in [0.1, 0.15) is 54.1 Å². The van der Waals surface area contributed by atoms with Gasteiger partial charge in [-0.2, -0.15) is 0 Å². The number of hydrogen-bond acceptors (Lipinski definition) is 2. The van der Waals surface area contributed by atoms with Gasteiger partial charge in [0.2, 0.25) is 0 Å². The van der Waals surface area contributed by atoms with Crippen molar-refractivity contribution in [3.63, 3.8) is 0 Å². The highest BCUT2D eigenvalue weighted by Crippen LogP contribution is 2.25. The SMILES string of the molecule is Cc1ccc(O[C@H](C)C(=O)N[C@@H](C)c2ccc3c(c2)CCC3)c(C)c1. The van der Waals surface area contributed by atoms with E-state index in [0.717, 1.165) is 23.3 Å². The lowest BCUT2D eigenvalue weighted by Gasteiger charge is -2.20.